The van der Waals surface area contributed by atoms with Gasteiger partial charge >= 0.3 is 47.8 Å². The summed E-state index contributed by atoms with van der Waals surface area (Å²) < 4.78 is 84.6. The van der Waals surface area contributed by atoms with Crippen molar-refractivity contribution < 1.29 is 94.1 Å². The van der Waals surface area contributed by atoms with Crippen LogP contribution in [-0.4, -0.2) is 148 Å². The number of sulfonamides is 1. The zero-order valence-corrected chi connectivity index (χ0v) is 35.1. The van der Waals surface area contributed by atoms with Crippen LogP contribution in [0.15, 0.2) is 34.3 Å². The summed E-state index contributed by atoms with van der Waals surface area (Å²) in [5.41, 5.74) is 0.682. The van der Waals surface area contributed by atoms with Gasteiger partial charge in [0.25, 0.3) is 10.0 Å². The quantitative estimate of drug-likeness (QED) is 0.0930. The van der Waals surface area contributed by atoms with Crippen LogP contribution in [0, 0.1) is 6.92 Å². The minimum Gasteiger partial charge on any atom is -0.463 e. The van der Waals surface area contributed by atoms with E-state index in [1.165, 1.54) is 24.3 Å². The second kappa shape index (κ2) is 21.5. The Bertz CT molecular complexity index is 1900. The largest absolute Gasteiger partial charge is 0.463 e. The molecule has 1 aromatic rings. The number of carbonyl (C=O) groups is 8. The monoisotopic (exact) mass is 872 g/mol. The average molecular weight is 873 g/mol. The number of benzene rings is 1. The van der Waals surface area contributed by atoms with Gasteiger partial charge in [-0.1, -0.05) is 17.7 Å². The molecule has 0 bridgehead atoms. The van der Waals surface area contributed by atoms with Gasteiger partial charge in [-0.05, 0) is 19.1 Å². The Hall–Kier alpha value is -5.68. The van der Waals surface area contributed by atoms with Gasteiger partial charge in [-0.15, -0.1) is 0 Å². The maximum atomic E-state index is 14.5. The highest BCUT2D eigenvalue weighted by molar-refractivity contribution is 7.89. The smallest absolute Gasteiger partial charge is 0.303 e. The maximum absolute atomic E-state index is 14.5. The lowest BCUT2D eigenvalue weighted by molar-refractivity contribution is -0.253. The molecule has 0 amide bonds. The molecule has 60 heavy (non-hydrogen) atoms. The Morgan fingerprint density at radius 1 is 0.550 bits per heavy atom. The Morgan fingerprint density at radius 3 is 1.33 bits per heavy atom. The molecule has 0 unspecified atom stereocenters. The summed E-state index contributed by atoms with van der Waals surface area (Å²) in [5.74, 6) is -7.12. The molecule has 2 heterocycles. The highest BCUT2D eigenvalue weighted by Gasteiger charge is 2.54. The van der Waals surface area contributed by atoms with E-state index in [-0.39, 0.29) is 4.90 Å². The molecule has 0 saturated carbocycles. The highest BCUT2D eigenvalue weighted by Crippen LogP contribution is 2.32. The first-order valence-electron chi connectivity index (χ1n) is 18.2. The molecule has 3 rings (SSSR count). The van der Waals surface area contributed by atoms with Gasteiger partial charge in [0.2, 0.25) is 0 Å². The molecule has 0 radical (unpaired) electrons. The Kier molecular flexibility index (Phi) is 17.5. The van der Waals surface area contributed by atoms with Crippen LogP contribution in [0.25, 0.3) is 0 Å². The number of ether oxygens (including phenoxy) is 10. The molecule has 332 valence electrons. The number of nitrogens with zero attached hydrogens (tertiary/aromatic N) is 2. The van der Waals surface area contributed by atoms with E-state index in [0.717, 1.165) is 61.6 Å². The van der Waals surface area contributed by atoms with Crippen LogP contribution in [0.4, 0.5) is 0 Å². The summed E-state index contributed by atoms with van der Waals surface area (Å²) in [6.07, 6.45) is -15.1. The Labute approximate surface area is 345 Å². The zero-order chi connectivity index (χ0) is 45.1. The second-order valence-corrected chi connectivity index (χ2v) is 15.3. The summed E-state index contributed by atoms with van der Waals surface area (Å²) >= 11 is 0. The number of aryl methyl sites for hydroxylation is 1. The third-order valence-electron chi connectivity index (χ3n) is 8.39. The SMILES string of the molecule is CC(=O)OC[C@H]1O[C@@H](/C=N/N(C[C@@H]2O[C@H](COC(C)=O)[C@H](OC(C)=O)[C@H](OC(C)=O)[C@H]2OC(C)=O)S(=O)(=O)c2ccc(C)cc2)[C@H](OC(C)=O)[C@@H](OC(C)=O)[C@H]1OC(C)=O. The van der Waals surface area contributed by atoms with Crippen LogP contribution in [0.5, 0.6) is 0 Å². The third kappa shape index (κ3) is 14.0. The van der Waals surface area contributed by atoms with Gasteiger partial charge < -0.3 is 47.4 Å². The summed E-state index contributed by atoms with van der Waals surface area (Å²) in [4.78, 5) is 97.6. The minimum atomic E-state index is -4.77. The van der Waals surface area contributed by atoms with Crippen molar-refractivity contribution in [2.75, 3.05) is 19.8 Å². The predicted octanol–water partition coefficient (Wildman–Crippen LogP) is 0.223. The van der Waals surface area contributed by atoms with Crippen LogP contribution in [0.1, 0.15) is 61.0 Å². The van der Waals surface area contributed by atoms with E-state index in [1.54, 1.807) is 6.92 Å². The van der Waals surface area contributed by atoms with Crippen molar-refractivity contribution in [3.8, 4) is 0 Å². The van der Waals surface area contributed by atoms with Gasteiger partial charge in [0, 0.05) is 55.4 Å². The molecule has 2 fully saturated rings. The van der Waals surface area contributed by atoms with Gasteiger partial charge in [-0.3, -0.25) is 38.4 Å². The van der Waals surface area contributed by atoms with Crippen LogP contribution in [0.2, 0.25) is 0 Å². The van der Waals surface area contributed by atoms with E-state index >= 15 is 0 Å². The number of rotatable bonds is 16. The topological polar surface area (TPSA) is 279 Å². The van der Waals surface area contributed by atoms with Gasteiger partial charge in [0.15, 0.2) is 36.6 Å². The first-order chi connectivity index (χ1) is 28.0. The molecule has 0 aromatic heterocycles. The average Bonchev–Trinajstić information content (AvgIpc) is 3.11. The predicted molar refractivity (Wildman–Crippen MR) is 197 cm³/mol. The first kappa shape index (κ1) is 48.7. The molecule has 0 N–H and O–H groups in total. The fourth-order valence-electron chi connectivity index (χ4n) is 6.18. The first-order valence-corrected chi connectivity index (χ1v) is 19.7. The summed E-state index contributed by atoms with van der Waals surface area (Å²) in [6.45, 7) is 7.84. The molecule has 23 heteroatoms. The summed E-state index contributed by atoms with van der Waals surface area (Å²) in [7, 11) is -4.77. The van der Waals surface area contributed by atoms with Crippen LogP contribution in [0.3, 0.4) is 0 Å². The molecule has 10 atom stereocenters. The fourth-order valence-corrected chi connectivity index (χ4v) is 7.43. The molecule has 1 aromatic carbocycles. The Morgan fingerprint density at radius 2 is 0.917 bits per heavy atom. The highest BCUT2D eigenvalue weighted by atomic mass is 32.2. The number of carbonyl (C=O) groups excluding carboxylic acids is 8. The fraction of sp³-hybridized carbons (Fsp3) is 0.595. The standard InChI is InChI=1S/C37H48N2O20S/c1-18-10-12-27(13-11-18)60(48,49)39(15-29-33(53-22(5)43)37(57-26(9)47)35(55-24(7)45)31(59-29)17-51-20(3)41)38-14-28-32(52-21(4)42)36(56-25(8)46)34(54-23(6)44)30(58-28)16-50-19(2)40/h10-14,28-37H,15-17H2,1-9H3/b38-14+/t28-,29-,30+,31+,32-,33-,34-,35-,36+,37+/m0/s1. The van der Waals surface area contributed by atoms with Crippen molar-refractivity contribution in [3.05, 3.63) is 29.8 Å². The normalized spacial score (nSPS) is 26.4. The van der Waals surface area contributed by atoms with E-state index in [9.17, 15) is 46.8 Å². The van der Waals surface area contributed by atoms with E-state index in [2.05, 4.69) is 5.10 Å². The second-order valence-electron chi connectivity index (χ2n) is 13.5. The van der Waals surface area contributed by atoms with Gasteiger partial charge in [-0.25, -0.2) is 0 Å². The number of hydrogen-bond acceptors (Lipinski definition) is 21. The number of esters is 8. The number of hydrazone groups is 1. The van der Waals surface area contributed by atoms with Crippen molar-refractivity contribution in [1.82, 2.24) is 4.41 Å². The van der Waals surface area contributed by atoms with Crippen LogP contribution >= 0.6 is 0 Å². The lowest BCUT2D eigenvalue weighted by atomic mass is 9.94. The van der Waals surface area contributed by atoms with Crippen molar-refractivity contribution in [2.45, 2.75) is 128 Å². The molecule has 0 spiro atoms. The maximum Gasteiger partial charge on any atom is 0.303 e. The lowest BCUT2D eigenvalue weighted by Gasteiger charge is -2.45. The zero-order valence-electron chi connectivity index (χ0n) is 34.2. The molecule has 2 saturated heterocycles. The molecule has 2 aliphatic heterocycles. The van der Waals surface area contributed by atoms with E-state index in [1.807, 2.05) is 0 Å². The van der Waals surface area contributed by atoms with Crippen molar-refractivity contribution in [2.24, 2.45) is 5.10 Å². The van der Waals surface area contributed by atoms with Gasteiger partial charge in [-0.2, -0.15) is 17.9 Å². The molecular formula is C37H48N2O20S. The van der Waals surface area contributed by atoms with E-state index < -0.39 is 139 Å². The van der Waals surface area contributed by atoms with Crippen molar-refractivity contribution in [3.63, 3.8) is 0 Å². The molecule has 0 aliphatic carbocycles. The minimum absolute atomic E-state index is 0.322. The lowest BCUT2D eigenvalue weighted by Crippen LogP contribution is -2.64. The van der Waals surface area contributed by atoms with Crippen LogP contribution < -0.4 is 0 Å². The summed E-state index contributed by atoms with van der Waals surface area (Å²) in [6, 6.07) is 5.49. The van der Waals surface area contributed by atoms with Gasteiger partial charge in [0.1, 0.15) is 37.6 Å². The van der Waals surface area contributed by atoms with Crippen LogP contribution in [-0.2, 0) is 95.7 Å². The molecule has 22 nitrogen and oxygen atoms in total. The molecule has 2 aliphatic rings. The van der Waals surface area contributed by atoms with E-state index in [0.29, 0.717) is 9.98 Å². The van der Waals surface area contributed by atoms with Gasteiger partial charge in [0.05, 0.1) is 17.7 Å². The molecular weight excluding hydrogens is 824 g/mol. The van der Waals surface area contributed by atoms with Crippen molar-refractivity contribution in [1.29, 1.82) is 0 Å². The van der Waals surface area contributed by atoms with Crippen molar-refractivity contribution >= 4 is 64.0 Å². The Balaban J connectivity index is 2.28. The summed E-state index contributed by atoms with van der Waals surface area (Å²) in [5, 5.41) is 4.21. The number of hydrogen-bond donors (Lipinski definition) is 0. The van der Waals surface area contributed by atoms with E-state index in [4.69, 9.17) is 47.4 Å². The third-order valence-corrected chi connectivity index (χ3v) is 10.1.